The van der Waals surface area contributed by atoms with Crippen molar-refractivity contribution in [2.75, 3.05) is 19.6 Å². The van der Waals surface area contributed by atoms with Crippen molar-refractivity contribution in [1.82, 2.24) is 4.90 Å². The number of benzene rings is 1. The molecule has 1 atom stereocenters. The molecule has 0 aliphatic carbocycles. The van der Waals surface area contributed by atoms with Crippen molar-refractivity contribution in [1.29, 1.82) is 0 Å². The van der Waals surface area contributed by atoms with Gasteiger partial charge < -0.3 is 10.6 Å². The number of likely N-dealkylation sites (N-methyl/N-ethyl adjacent to an activating group) is 1. The summed E-state index contributed by atoms with van der Waals surface area (Å²) in [4.78, 5) is 2.21. The van der Waals surface area contributed by atoms with Gasteiger partial charge in [-0.05, 0) is 30.7 Å². The number of halogens is 2. The topological polar surface area (TPSA) is 29.3 Å². The van der Waals surface area contributed by atoms with E-state index in [2.05, 4.69) is 25.7 Å². The van der Waals surface area contributed by atoms with E-state index in [1.54, 1.807) is 0 Å². The summed E-state index contributed by atoms with van der Waals surface area (Å²) in [5.41, 5.74) is 6.31. The van der Waals surface area contributed by atoms with Crippen LogP contribution in [0.5, 0.6) is 0 Å². The summed E-state index contributed by atoms with van der Waals surface area (Å²) < 4.78 is 26.9. The van der Waals surface area contributed by atoms with Gasteiger partial charge in [-0.25, -0.2) is 8.78 Å². The second-order valence-corrected chi connectivity index (χ2v) is 5.31. The standard InChI is InChI=1S/C16H26F2N2/c1-4-12(5-2)10-20(6-3)11-16(19)14-9-13(17)7-8-15(14)18/h7-9,12,16H,4-6,10-11,19H2,1-3H3. The first-order valence-corrected chi connectivity index (χ1v) is 7.44. The van der Waals surface area contributed by atoms with Crippen LogP contribution in [0, 0.1) is 17.6 Å². The van der Waals surface area contributed by atoms with Gasteiger partial charge in [-0.1, -0.05) is 33.6 Å². The molecule has 1 aromatic rings. The first-order valence-electron chi connectivity index (χ1n) is 7.44. The maximum atomic E-state index is 13.7. The van der Waals surface area contributed by atoms with Crippen LogP contribution < -0.4 is 5.73 Å². The Morgan fingerprint density at radius 1 is 1.10 bits per heavy atom. The molecule has 0 fully saturated rings. The Kier molecular flexibility index (Phi) is 7.10. The summed E-state index contributed by atoms with van der Waals surface area (Å²) >= 11 is 0. The maximum absolute atomic E-state index is 13.7. The van der Waals surface area contributed by atoms with Crippen molar-refractivity contribution in [2.24, 2.45) is 11.7 Å². The predicted octanol–water partition coefficient (Wildman–Crippen LogP) is 3.72. The highest BCUT2D eigenvalue weighted by Gasteiger charge is 2.17. The summed E-state index contributed by atoms with van der Waals surface area (Å²) in [5.74, 6) is -0.253. The van der Waals surface area contributed by atoms with Crippen molar-refractivity contribution >= 4 is 0 Å². The summed E-state index contributed by atoms with van der Waals surface area (Å²) in [6, 6.07) is 2.96. The molecule has 0 aliphatic rings. The van der Waals surface area contributed by atoms with Crippen LogP contribution in [0.15, 0.2) is 18.2 Å². The van der Waals surface area contributed by atoms with Crippen molar-refractivity contribution in [2.45, 2.75) is 39.7 Å². The van der Waals surface area contributed by atoms with Crippen molar-refractivity contribution in [3.8, 4) is 0 Å². The number of nitrogens with zero attached hydrogens (tertiary/aromatic N) is 1. The molecule has 0 aromatic heterocycles. The van der Waals surface area contributed by atoms with Gasteiger partial charge in [0, 0.05) is 24.7 Å². The minimum absolute atomic E-state index is 0.257. The van der Waals surface area contributed by atoms with E-state index in [-0.39, 0.29) is 5.56 Å². The molecule has 1 aromatic carbocycles. The third kappa shape index (κ3) is 4.84. The van der Waals surface area contributed by atoms with Crippen molar-refractivity contribution < 1.29 is 8.78 Å². The SMILES string of the molecule is CCC(CC)CN(CC)CC(N)c1cc(F)ccc1F. The van der Waals surface area contributed by atoms with Gasteiger partial charge >= 0.3 is 0 Å². The molecule has 0 amide bonds. The maximum Gasteiger partial charge on any atom is 0.128 e. The third-order valence-electron chi connectivity index (χ3n) is 3.93. The van der Waals surface area contributed by atoms with Crippen LogP contribution in [0.2, 0.25) is 0 Å². The fourth-order valence-corrected chi connectivity index (χ4v) is 2.42. The third-order valence-corrected chi connectivity index (χ3v) is 3.93. The summed E-state index contributed by atoms with van der Waals surface area (Å²) in [6.07, 6.45) is 2.24. The lowest BCUT2D eigenvalue weighted by Crippen LogP contribution is -2.36. The average molecular weight is 284 g/mol. The number of hydrogen-bond donors (Lipinski definition) is 1. The van der Waals surface area contributed by atoms with Crippen LogP contribution in [0.1, 0.15) is 45.2 Å². The van der Waals surface area contributed by atoms with E-state index >= 15 is 0 Å². The monoisotopic (exact) mass is 284 g/mol. The molecule has 0 aliphatic heterocycles. The fourth-order valence-electron chi connectivity index (χ4n) is 2.42. The van der Waals surface area contributed by atoms with Crippen LogP contribution in [0.3, 0.4) is 0 Å². The average Bonchev–Trinajstić information content (AvgIpc) is 2.45. The van der Waals surface area contributed by atoms with Crippen LogP contribution >= 0.6 is 0 Å². The number of hydrogen-bond acceptors (Lipinski definition) is 2. The molecule has 1 unspecified atom stereocenters. The van der Waals surface area contributed by atoms with Crippen LogP contribution in [-0.2, 0) is 0 Å². The van der Waals surface area contributed by atoms with Gasteiger partial charge in [0.05, 0.1) is 0 Å². The summed E-state index contributed by atoms with van der Waals surface area (Å²) in [5, 5.41) is 0. The molecule has 0 radical (unpaired) electrons. The molecule has 20 heavy (non-hydrogen) atoms. The summed E-state index contributed by atoms with van der Waals surface area (Å²) in [7, 11) is 0. The molecule has 0 bridgehead atoms. The van der Waals surface area contributed by atoms with Crippen molar-refractivity contribution in [3.63, 3.8) is 0 Å². The van der Waals surface area contributed by atoms with E-state index in [1.807, 2.05) is 0 Å². The Balaban J connectivity index is 2.71. The lowest BCUT2D eigenvalue weighted by atomic mass is 10.0. The second kappa shape index (κ2) is 8.32. The quantitative estimate of drug-likeness (QED) is 0.788. The molecule has 0 saturated heterocycles. The minimum Gasteiger partial charge on any atom is -0.323 e. The largest absolute Gasteiger partial charge is 0.323 e. The Labute approximate surface area is 121 Å². The predicted molar refractivity (Wildman–Crippen MR) is 79.5 cm³/mol. The highest BCUT2D eigenvalue weighted by Crippen LogP contribution is 2.19. The van der Waals surface area contributed by atoms with Crippen molar-refractivity contribution in [3.05, 3.63) is 35.4 Å². The van der Waals surface area contributed by atoms with Gasteiger partial charge in [0.2, 0.25) is 0 Å². The first kappa shape index (κ1) is 17.1. The normalized spacial score (nSPS) is 13.2. The zero-order valence-corrected chi connectivity index (χ0v) is 12.7. The Hall–Kier alpha value is -1.00. The first-order chi connectivity index (χ1) is 9.51. The fraction of sp³-hybridized carbons (Fsp3) is 0.625. The van der Waals surface area contributed by atoms with Crippen LogP contribution in [-0.4, -0.2) is 24.5 Å². The molecule has 1 rings (SSSR count). The number of rotatable bonds is 8. The summed E-state index contributed by atoms with van der Waals surface area (Å²) in [6.45, 7) is 8.78. The molecule has 0 spiro atoms. The zero-order valence-electron chi connectivity index (χ0n) is 12.7. The Bertz CT molecular complexity index is 405. The van der Waals surface area contributed by atoms with Gasteiger partial charge in [-0.2, -0.15) is 0 Å². The van der Waals surface area contributed by atoms with Gasteiger partial charge in [-0.15, -0.1) is 0 Å². The number of nitrogens with two attached hydrogens (primary N) is 1. The van der Waals surface area contributed by atoms with Crippen LogP contribution in [0.25, 0.3) is 0 Å². The lowest BCUT2D eigenvalue weighted by Gasteiger charge is -2.28. The lowest BCUT2D eigenvalue weighted by molar-refractivity contribution is 0.220. The Morgan fingerprint density at radius 2 is 1.75 bits per heavy atom. The molecule has 0 heterocycles. The van der Waals surface area contributed by atoms with E-state index in [4.69, 9.17) is 5.73 Å². The van der Waals surface area contributed by atoms with Gasteiger partial charge in [0.25, 0.3) is 0 Å². The highest BCUT2D eigenvalue weighted by atomic mass is 19.1. The molecular formula is C16H26F2N2. The van der Waals surface area contributed by atoms with E-state index in [0.29, 0.717) is 12.5 Å². The molecule has 2 nitrogen and oxygen atoms in total. The van der Waals surface area contributed by atoms with Gasteiger partial charge in [-0.3, -0.25) is 0 Å². The van der Waals surface area contributed by atoms with E-state index < -0.39 is 17.7 Å². The molecular weight excluding hydrogens is 258 g/mol. The molecule has 2 N–H and O–H groups in total. The van der Waals surface area contributed by atoms with Crippen LogP contribution in [0.4, 0.5) is 8.78 Å². The minimum atomic E-state index is -0.500. The molecule has 0 saturated carbocycles. The van der Waals surface area contributed by atoms with E-state index in [0.717, 1.165) is 38.1 Å². The highest BCUT2D eigenvalue weighted by molar-refractivity contribution is 5.22. The smallest absolute Gasteiger partial charge is 0.128 e. The zero-order chi connectivity index (χ0) is 15.1. The van der Waals surface area contributed by atoms with Gasteiger partial charge in [0.15, 0.2) is 0 Å². The second-order valence-electron chi connectivity index (χ2n) is 5.31. The molecule has 4 heteroatoms. The van der Waals surface area contributed by atoms with Gasteiger partial charge in [0.1, 0.15) is 11.6 Å². The van der Waals surface area contributed by atoms with E-state index in [9.17, 15) is 8.78 Å². The molecule has 114 valence electrons. The van der Waals surface area contributed by atoms with E-state index in [1.165, 1.54) is 6.07 Å². The Morgan fingerprint density at radius 3 is 2.30 bits per heavy atom.